The standard InChI is InChI=1S/C24H16Cl2F3N3O/c25-20-9-8-15(10-21(20)26)13-32-14-17(19-6-1-2-7-22(19)32)12-30-31-23(33)16-4-3-5-18(11-16)24(27,28)29/h1-12,14H,13H2,(H,31,33)/b30-12-. The number of hydrogen-bond donors (Lipinski definition) is 1. The number of nitrogens with one attached hydrogen (secondary N) is 1. The van der Waals surface area contributed by atoms with Crippen LogP contribution in [0.3, 0.4) is 0 Å². The van der Waals surface area contributed by atoms with Crippen LogP contribution < -0.4 is 5.43 Å². The Kier molecular flexibility index (Phi) is 6.44. The molecule has 0 bridgehead atoms. The first-order valence-corrected chi connectivity index (χ1v) is 10.5. The van der Waals surface area contributed by atoms with E-state index in [2.05, 4.69) is 10.5 Å². The van der Waals surface area contributed by atoms with Crippen LogP contribution in [0, 0.1) is 0 Å². The number of rotatable bonds is 5. The molecule has 0 unspecified atom stereocenters. The number of halogens is 5. The van der Waals surface area contributed by atoms with Crippen molar-refractivity contribution in [3.63, 3.8) is 0 Å². The maximum atomic E-state index is 12.9. The van der Waals surface area contributed by atoms with E-state index in [1.54, 1.807) is 12.1 Å². The lowest BCUT2D eigenvalue weighted by atomic mass is 10.1. The monoisotopic (exact) mass is 489 g/mol. The van der Waals surface area contributed by atoms with Crippen LogP contribution in [0.15, 0.2) is 78.0 Å². The number of nitrogens with zero attached hydrogens (tertiary/aromatic N) is 2. The summed E-state index contributed by atoms with van der Waals surface area (Å²) in [6.07, 6.45) is -1.21. The van der Waals surface area contributed by atoms with Gasteiger partial charge in [0.15, 0.2) is 0 Å². The number of carbonyl (C=O) groups excluding carboxylic acids is 1. The number of fused-ring (bicyclic) bond motifs is 1. The highest BCUT2D eigenvalue weighted by Gasteiger charge is 2.30. The second kappa shape index (κ2) is 9.29. The maximum Gasteiger partial charge on any atom is 0.416 e. The Morgan fingerprint density at radius 1 is 1.00 bits per heavy atom. The summed E-state index contributed by atoms with van der Waals surface area (Å²) < 4.78 is 40.6. The molecule has 0 aliphatic rings. The molecule has 0 aliphatic heterocycles. The van der Waals surface area contributed by atoms with Crippen molar-refractivity contribution in [1.29, 1.82) is 0 Å². The highest BCUT2D eigenvalue weighted by molar-refractivity contribution is 6.42. The van der Waals surface area contributed by atoms with Crippen LogP contribution in [-0.2, 0) is 12.7 Å². The van der Waals surface area contributed by atoms with Gasteiger partial charge in [-0.3, -0.25) is 4.79 Å². The van der Waals surface area contributed by atoms with Gasteiger partial charge < -0.3 is 4.57 Å². The fraction of sp³-hybridized carbons (Fsp3) is 0.0833. The molecule has 0 atom stereocenters. The first kappa shape index (κ1) is 22.9. The van der Waals surface area contributed by atoms with Crippen LogP contribution in [0.2, 0.25) is 10.0 Å². The predicted molar refractivity (Wildman–Crippen MR) is 124 cm³/mol. The number of alkyl halides is 3. The molecule has 0 radical (unpaired) electrons. The van der Waals surface area contributed by atoms with Crippen LogP contribution in [0.1, 0.15) is 27.0 Å². The Hall–Kier alpha value is -3.29. The molecule has 1 N–H and O–H groups in total. The normalized spacial score (nSPS) is 11.9. The molecule has 4 aromatic rings. The SMILES string of the molecule is O=C(N/N=C\c1cn(Cc2ccc(Cl)c(Cl)c2)c2ccccc12)c1cccc(C(F)(F)F)c1. The van der Waals surface area contributed by atoms with Gasteiger partial charge in [-0.25, -0.2) is 5.43 Å². The van der Waals surface area contributed by atoms with Gasteiger partial charge in [0, 0.05) is 34.8 Å². The van der Waals surface area contributed by atoms with Gasteiger partial charge in [0.1, 0.15) is 0 Å². The van der Waals surface area contributed by atoms with E-state index in [0.29, 0.717) is 16.6 Å². The molecule has 0 saturated heterocycles. The second-order valence-electron chi connectivity index (χ2n) is 7.26. The topological polar surface area (TPSA) is 46.4 Å². The third-order valence-electron chi connectivity index (χ3n) is 4.98. The molecule has 0 aliphatic carbocycles. The van der Waals surface area contributed by atoms with Gasteiger partial charge >= 0.3 is 6.18 Å². The quantitative estimate of drug-likeness (QED) is 0.243. The minimum Gasteiger partial charge on any atom is -0.342 e. The van der Waals surface area contributed by atoms with E-state index in [1.165, 1.54) is 18.3 Å². The largest absolute Gasteiger partial charge is 0.416 e. The van der Waals surface area contributed by atoms with Crippen molar-refractivity contribution in [1.82, 2.24) is 9.99 Å². The molecule has 4 rings (SSSR count). The summed E-state index contributed by atoms with van der Waals surface area (Å²) in [4.78, 5) is 12.3. The van der Waals surface area contributed by atoms with E-state index < -0.39 is 17.6 Å². The zero-order valence-corrected chi connectivity index (χ0v) is 18.4. The van der Waals surface area contributed by atoms with Crippen LogP contribution in [-0.4, -0.2) is 16.7 Å². The molecule has 168 valence electrons. The third-order valence-corrected chi connectivity index (χ3v) is 5.72. The summed E-state index contributed by atoms with van der Waals surface area (Å²) in [6.45, 7) is 0.530. The molecule has 1 aromatic heterocycles. The number of hydrogen-bond acceptors (Lipinski definition) is 2. The number of carbonyl (C=O) groups is 1. The smallest absolute Gasteiger partial charge is 0.342 e. The van der Waals surface area contributed by atoms with Crippen LogP contribution in [0.25, 0.3) is 10.9 Å². The number of benzene rings is 3. The van der Waals surface area contributed by atoms with E-state index in [-0.39, 0.29) is 5.56 Å². The Bertz CT molecular complexity index is 1360. The van der Waals surface area contributed by atoms with Gasteiger partial charge in [-0.15, -0.1) is 0 Å². The van der Waals surface area contributed by atoms with Gasteiger partial charge in [-0.2, -0.15) is 18.3 Å². The van der Waals surface area contributed by atoms with Gasteiger partial charge in [0.2, 0.25) is 0 Å². The number of aromatic nitrogens is 1. The lowest BCUT2D eigenvalue weighted by Crippen LogP contribution is -2.18. The average Bonchev–Trinajstić information content (AvgIpc) is 3.13. The Morgan fingerprint density at radius 3 is 2.55 bits per heavy atom. The summed E-state index contributed by atoms with van der Waals surface area (Å²) in [7, 11) is 0. The van der Waals surface area contributed by atoms with Gasteiger partial charge in [-0.1, -0.05) is 53.5 Å². The van der Waals surface area contributed by atoms with Crippen molar-refractivity contribution in [3.05, 3.63) is 105 Å². The molecular weight excluding hydrogens is 474 g/mol. The highest BCUT2D eigenvalue weighted by Crippen LogP contribution is 2.29. The molecule has 9 heteroatoms. The van der Waals surface area contributed by atoms with E-state index in [0.717, 1.165) is 34.2 Å². The number of para-hydroxylation sites is 1. The summed E-state index contributed by atoms with van der Waals surface area (Å²) >= 11 is 12.1. The summed E-state index contributed by atoms with van der Waals surface area (Å²) in [5.74, 6) is -0.739. The van der Waals surface area contributed by atoms with Crippen LogP contribution >= 0.6 is 23.2 Å². The van der Waals surface area contributed by atoms with Crippen LogP contribution in [0.4, 0.5) is 13.2 Å². The first-order valence-electron chi connectivity index (χ1n) is 9.75. The Labute approximate surface area is 197 Å². The van der Waals surface area contributed by atoms with Crippen molar-refractivity contribution in [2.75, 3.05) is 0 Å². The molecule has 0 fully saturated rings. The lowest BCUT2D eigenvalue weighted by Gasteiger charge is -2.07. The van der Waals surface area contributed by atoms with Gasteiger partial charge in [-0.05, 0) is 42.0 Å². The summed E-state index contributed by atoms with van der Waals surface area (Å²) in [6, 6.07) is 17.2. The minimum absolute atomic E-state index is 0.135. The number of hydrazone groups is 1. The zero-order valence-electron chi connectivity index (χ0n) is 16.9. The molecule has 3 aromatic carbocycles. The summed E-state index contributed by atoms with van der Waals surface area (Å²) in [5, 5.41) is 5.78. The van der Waals surface area contributed by atoms with Crippen molar-refractivity contribution in [2.24, 2.45) is 5.10 Å². The Balaban J connectivity index is 1.55. The average molecular weight is 490 g/mol. The molecule has 4 nitrogen and oxygen atoms in total. The molecule has 1 amide bonds. The van der Waals surface area contributed by atoms with Crippen molar-refractivity contribution in [3.8, 4) is 0 Å². The van der Waals surface area contributed by atoms with E-state index in [4.69, 9.17) is 23.2 Å². The summed E-state index contributed by atoms with van der Waals surface area (Å²) in [5.41, 5.74) is 3.87. The zero-order chi connectivity index (χ0) is 23.6. The Morgan fingerprint density at radius 2 is 1.79 bits per heavy atom. The lowest BCUT2D eigenvalue weighted by molar-refractivity contribution is -0.137. The molecule has 0 saturated carbocycles. The maximum absolute atomic E-state index is 12.9. The fourth-order valence-electron chi connectivity index (χ4n) is 3.41. The van der Waals surface area contributed by atoms with E-state index >= 15 is 0 Å². The van der Waals surface area contributed by atoms with Gasteiger partial charge in [0.25, 0.3) is 5.91 Å². The van der Waals surface area contributed by atoms with Gasteiger partial charge in [0.05, 0.1) is 21.8 Å². The van der Waals surface area contributed by atoms with Crippen molar-refractivity contribution in [2.45, 2.75) is 12.7 Å². The molecule has 1 heterocycles. The van der Waals surface area contributed by atoms with E-state index in [1.807, 2.05) is 41.1 Å². The molecule has 33 heavy (non-hydrogen) atoms. The highest BCUT2D eigenvalue weighted by atomic mass is 35.5. The van der Waals surface area contributed by atoms with Crippen molar-refractivity contribution < 1.29 is 18.0 Å². The fourth-order valence-corrected chi connectivity index (χ4v) is 3.73. The molecule has 0 spiro atoms. The first-order chi connectivity index (χ1) is 15.7. The van der Waals surface area contributed by atoms with Crippen molar-refractivity contribution >= 4 is 46.2 Å². The predicted octanol–water partition coefficient (Wildman–Crippen LogP) is 6.78. The third kappa shape index (κ3) is 5.21. The second-order valence-corrected chi connectivity index (χ2v) is 8.07. The van der Waals surface area contributed by atoms with E-state index in [9.17, 15) is 18.0 Å². The van der Waals surface area contributed by atoms with Crippen LogP contribution in [0.5, 0.6) is 0 Å². The number of amides is 1. The minimum atomic E-state index is -4.53. The molecular formula is C24H16Cl2F3N3O.